The van der Waals surface area contributed by atoms with Crippen molar-refractivity contribution in [3.8, 4) is 0 Å². The highest BCUT2D eigenvalue weighted by Gasteiger charge is 2.55. The maximum atomic E-state index is 5.60. The average molecular weight is 276 g/mol. The summed E-state index contributed by atoms with van der Waals surface area (Å²) in [5.74, 6) is 1.48. The lowest BCUT2D eigenvalue weighted by Gasteiger charge is -2.22. The summed E-state index contributed by atoms with van der Waals surface area (Å²) in [4.78, 5) is 0. The fourth-order valence-electron chi connectivity index (χ4n) is 3.74. The van der Waals surface area contributed by atoms with Gasteiger partial charge in [0.25, 0.3) is 0 Å². The van der Waals surface area contributed by atoms with Crippen molar-refractivity contribution in [1.82, 2.24) is 0 Å². The van der Waals surface area contributed by atoms with Gasteiger partial charge in [0.1, 0.15) is 0 Å². The molecule has 0 aromatic heterocycles. The summed E-state index contributed by atoms with van der Waals surface area (Å²) in [5, 5.41) is 0. The zero-order chi connectivity index (χ0) is 14.3. The minimum Gasteiger partial charge on any atom is -0.370 e. The molecular weight excluding hydrogens is 248 g/mol. The molecule has 112 valence electrons. The van der Waals surface area contributed by atoms with Crippen LogP contribution in [0.15, 0.2) is 24.8 Å². The van der Waals surface area contributed by atoms with Gasteiger partial charge in [-0.1, -0.05) is 18.2 Å². The average Bonchev–Trinajstić information content (AvgIpc) is 3.31. The molecule has 0 aromatic carbocycles. The first kappa shape index (κ1) is 14.3. The van der Waals surface area contributed by atoms with Gasteiger partial charge in [-0.15, -0.1) is 6.58 Å². The van der Waals surface area contributed by atoms with Crippen molar-refractivity contribution >= 4 is 0 Å². The van der Waals surface area contributed by atoms with E-state index in [1.807, 2.05) is 0 Å². The smallest absolute Gasteiger partial charge is 0.0920 e. The first-order chi connectivity index (χ1) is 9.51. The van der Waals surface area contributed by atoms with Crippen LogP contribution in [-0.4, -0.2) is 23.9 Å². The van der Waals surface area contributed by atoms with Crippen LogP contribution in [-0.2, 0) is 9.47 Å². The third-order valence-electron chi connectivity index (χ3n) is 5.60. The van der Waals surface area contributed by atoms with Crippen LogP contribution in [0.4, 0.5) is 0 Å². The molecule has 2 nitrogen and oxygen atoms in total. The van der Waals surface area contributed by atoms with Crippen molar-refractivity contribution in [1.29, 1.82) is 0 Å². The van der Waals surface area contributed by atoms with Crippen molar-refractivity contribution in [3.05, 3.63) is 24.8 Å². The SMILES string of the molecule is C=C(C)C1CCC2(C)OC2C1.C=CC1CCC2OC2C1. The molecule has 4 fully saturated rings. The van der Waals surface area contributed by atoms with Crippen molar-refractivity contribution < 1.29 is 9.47 Å². The first-order valence-corrected chi connectivity index (χ1v) is 8.13. The number of ether oxygens (including phenoxy) is 2. The maximum absolute atomic E-state index is 5.60. The second-order valence-corrected chi connectivity index (χ2v) is 7.26. The summed E-state index contributed by atoms with van der Waals surface area (Å²) in [6.45, 7) is 12.1. The van der Waals surface area contributed by atoms with Crippen LogP contribution in [0.1, 0.15) is 52.4 Å². The van der Waals surface area contributed by atoms with Gasteiger partial charge in [-0.3, -0.25) is 0 Å². The van der Waals surface area contributed by atoms with E-state index < -0.39 is 0 Å². The lowest BCUT2D eigenvalue weighted by Crippen LogP contribution is -2.21. The maximum Gasteiger partial charge on any atom is 0.0920 e. The van der Waals surface area contributed by atoms with Gasteiger partial charge in [0.05, 0.1) is 23.9 Å². The molecule has 0 spiro atoms. The van der Waals surface area contributed by atoms with Crippen LogP contribution < -0.4 is 0 Å². The summed E-state index contributed by atoms with van der Waals surface area (Å²) in [5.41, 5.74) is 1.61. The Bertz CT molecular complexity index is 402. The summed E-state index contributed by atoms with van der Waals surface area (Å²) >= 11 is 0. The zero-order valence-corrected chi connectivity index (χ0v) is 12.9. The monoisotopic (exact) mass is 276 g/mol. The topological polar surface area (TPSA) is 25.1 Å². The molecule has 2 aliphatic carbocycles. The zero-order valence-electron chi connectivity index (χ0n) is 12.9. The van der Waals surface area contributed by atoms with Crippen LogP contribution in [0.3, 0.4) is 0 Å². The number of epoxide rings is 2. The summed E-state index contributed by atoms with van der Waals surface area (Å²) in [7, 11) is 0. The molecule has 2 saturated carbocycles. The largest absolute Gasteiger partial charge is 0.370 e. The fourth-order valence-corrected chi connectivity index (χ4v) is 3.74. The number of fused-ring (bicyclic) bond motifs is 2. The third kappa shape index (κ3) is 3.01. The highest BCUT2D eigenvalue weighted by Crippen LogP contribution is 2.50. The van der Waals surface area contributed by atoms with Crippen LogP contribution in [0.25, 0.3) is 0 Å². The van der Waals surface area contributed by atoms with Gasteiger partial charge in [0.2, 0.25) is 0 Å². The molecule has 6 unspecified atom stereocenters. The molecule has 4 rings (SSSR count). The molecule has 2 heterocycles. The van der Waals surface area contributed by atoms with Crippen LogP contribution >= 0.6 is 0 Å². The van der Waals surface area contributed by atoms with Crippen molar-refractivity contribution in [2.24, 2.45) is 11.8 Å². The van der Waals surface area contributed by atoms with E-state index in [9.17, 15) is 0 Å². The summed E-state index contributed by atoms with van der Waals surface area (Å²) in [6.07, 6.45) is 11.4. The van der Waals surface area contributed by atoms with E-state index in [1.54, 1.807) is 0 Å². The normalized spacial score (nSPS) is 48.0. The van der Waals surface area contributed by atoms with E-state index in [4.69, 9.17) is 9.47 Å². The Balaban J connectivity index is 0.000000123. The van der Waals surface area contributed by atoms with Crippen molar-refractivity contribution in [3.63, 3.8) is 0 Å². The Labute approximate surface area is 123 Å². The molecule has 0 aromatic rings. The molecular formula is C18H28O2. The molecule has 20 heavy (non-hydrogen) atoms. The predicted molar refractivity (Wildman–Crippen MR) is 81.6 cm³/mol. The molecule has 0 amide bonds. The predicted octanol–water partition coefficient (Wildman–Crippen LogP) is 4.26. The number of rotatable bonds is 2. The second-order valence-electron chi connectivity index (χ2n) is 7.26. The Morgan fingerprint density at radius 3 is 2.60 bits per heavy atom. The molecule has 2 heteroatoms. The van der Waals surface area contributed by atoms with E-state index in [-0.39, 0.29) is 5.60 Å². The Morgan fingerprint density at radius 2 is 2.00 bits per heavy atom. The second kappa shape index (κ2) is 5.31. The van der Waals surface area contributed by atoms with Gasteiger partial charge in [0.15, 0.2) is 0 Å². The fraction of sp³-hybridized carbons (Fsp3) is 0.778. The lowest BCUT2D eigenvalue weighted by molar-refractivity contribution is 0.303. The number of hydrogen-bond donors (Lipinski definition) is 0. The van der Waals surface area contributed by atoms with E-state index in [1.165, 1.54) is 44.1 Å². The quantitative estimate of drug-likeness (QED) is 0.556. The van der Waals surface area contributed by atoms with E-state index >= 15 is 0 Å². The van der Waals surface area contributed by atoms with E-state index in [0.717, 1.165) is 11.8 Å². The highest BCUT2D eigenvalue weighted by atomic mass is 16.6. The molecule has 2 saturated heterocycles. The highest BCUT2D eigenvalue weighted by molar-refractivity contribution is 5.10. The van der Waals surface area contributed by atoms with Crippen molar-refractivity contribution in [2.75, 3.05) is 0 Å². The Hall–Kier alpha value is -0.600. The molecule has 6 atom stereocenters. The number of allylic oxidation sites excluding steroid dienone is 2. The standard InChI is InChI=1S/C10H16O.C8H12O/c1-7(2)8-4-5-10(3)9(6-8)11-10;1-2-6-3-4-7-8(5-6)9-7/h8-9H,1,4-6H2,2-3H3;2,6-8H,1,3-5H2. The molecule has 4 aliphatic rings. The summed E-state index contributed by atoms with van der Waals surface area (Å²) < 4.78 is 11.0. The van der Waals surface area contributed by atoms with Gasteiger partial charge in [-0.2, -0.15) is 0 Å². The van der Waals surface area contributed by atoms with Crippen molar-refractivity contribution in [2.45, 2.75) is 76.3 Å². The molecule has 0 radical (unpaired) electrons. The van der Waals surface area contributed by atoms with E-state index in [2.05, 4.69) is 33.1 Å². The van der Waals surface area contributed by atoms with Gasteiger partial charge in [-0.25, -0.2) is 0 Å². The van der Waals surface area contributed by atoms with E-state index in [0.29, 0.717) is 18.3 Å². The van der Waals surface area contributed by atoms with Gasteiger partial charge >= 0.3 is 0 Å². The minimum absolute atomic E-state index is 0.270. The van der Waals surface area contributed by atoms with Crippen LogP contribution in [0.2, 0.25) is 0 Å². The first-order valence-electron chi connectivity index (χ1n) is 8.13. The lowest BCUT2D eigenvalue weighted by atomic mass is 9.80. The minimum atomic E-state index is 0.270. The Morgan fingerprint density at radius 1 is 1.20 bits per heavy atom. The van der Waals surface area contributed by atoms with Crippen LogP contribution in [0, 0.1) is 11.8 Å². The number of hydrogen-bond acceptors (Lipinski definition) is 2. The molecule has 0 N–H and O–H groups in total. The van der Waals surface area contributed by atoms with Gasteiger partial charge in [0, 0.05) is 0 Å². The molecule has 0 bridgehead atoms. The summed E-state index contributed by atoms with van der Waals surface area (Å²) in [6, 6.07) is 0. The van der Waals surface area contributed by atoms with Gasteiger partial charge in [-0.05, 0) is 64.2 Å². The third-order valence-corrected chi connectivity index (χ3v) is 5.60. The van der Waals surface area contributed by atoms with Crippen LogP contribution in [0.5, 0.6) is 0 Å². The molecule has 2 aliphatic heterocycles. The van der Waals surface area contributed by atoms with Gasteiger partial charge < -0.3 is 9.47 Å². The Kier molecular flexibility index (Phi) is 3.81.